The molecule has 0 aliphatic heterocycles. The minimum absolute atomic E-state index is 0.0754. The quantitative estimate of drug-likeness (QED) is 0.0842. The van der Waals surface area contributed by atoms with Gasteiger partial charge in [-0.15, -0.1) is 12.6 Å². The molecule has 8 rings (SSSR count). The third-order valence-corrected chi connectivity index (χ3v) is 13.7. The van der Waals surface area contributed by atoms with Gasteiger partial charge in [0, 0.05) is 51.2 Å². The van der Waals surface area contributed by atoms with Gasteiger partial charge < -0.3 is 14.2 Å². The summed E-state index contributed by atoms with van der Waals surface area (Å²) in [6, 6.07) is 52.9. The van der Waals surface area contributed by atoms with Gasteiger partial charge in [0.2, 0.25) is 5.88 Å². The molecule has 0 spiro atoms. The van der Waals surface area contributed by atoms with Crippen molar-refractivity contribution in [2.45, 2.75) is 107 Å². The van der Waals surface area contributed by atoms with Crippen LogP contribution in [0.5, 0.6) is 34.6 Å². The van der Waals surface area contributed by atoms with Crippen LogP contribution in [0.1, 0.15) is 147 Å². The first-order valence-corrected chi connectivity index (χ1v) is 27.6. The van der Waals surface area contributed by atoms with E-state index in [1.807, 2.05) is 111 Å². The molecule has 0 N–H and O–H groups in total. The van der Waals surface area contributed by atoms with Crippen molar-refractivity contribution in [1.82, 2.24) is 4.98 Å². The number of carbonyl (C=O) groups is 2. The van der Waals surface area contributed by atoms with Crippen molar-refractivity contribution in [3.05, 3.63) is 220 Å². The minimum Gasteiger partial charge on any atom is -0.456 e. The molecule has 0 amide bonds. The van der Waals surface area contributed by atoms with Crippen LogP contribution in [0.4, 0.5) is 0 Å². The highest BCUT2D eigenvalue weighted by atomic mass is 32.2. The molecule has 412 valence electrons. The maximum Gasteiger partial charge on any atom is 0.425 e. The van der Waals surface area contributed by atoms with Crippen LogP contribution in [-0.4, -0.2) is 29.2 Å². The number of aryl methyl sites for hydroxylation is 2. The molecule has 1 heterocycles. The van der Waals surface area contributed by atoms with Gasteiger partial charge >= 0.3 is 10.6 Å². The van der Waals surface area contributed by atoms with Crippen LogP contribution in [0.2, 0.25) is 0 Å². The molecule has 0 saturated heterocycles. The average Bonchev–Trinajstić information content (AvgIpc) is 3.59. The summed E-state index contributed by atoms with van der Waals surface area (Å²) in [6.07, 6.45) is 3.21. The van der Waals surface area contributed by atoms with Gasteiger partial charge in [0.05, 0.1) is 5.56 Å². The van der Waals surface area contributed by atoms with Gasteiger partial charge in [-0.2, -0.15) is 10.5 Å². The molecule has 0 atom stereocenters. The summed E-state index contributed by atoms with van der Waals surface area (Å²) >= 11 is 0. The molecule has 0 bridgehead atoms. The van der Waals surface area contributed by atoms with Gasteiger partial charge in [0.15, 0.2) is 11.6 Å². The second-order valence-electron chi connectivity index (χ2n) is 24.0. The van der Waals surface area contributed by atoms with E-state index in [1.54, 1.807) is 54.7 Å². The summed E-state index contributed by atoms with van der Waals surface area (Å²) in [4.78, 5) is 33.7. The molecule has 0 aliphatic carbocycles. The lowest BCUT2D eigenvalue weighted by atomic mass is 9.69. The smallest absolute Gasteiger partial charge is 0.425 e. The van der Waals surface area contributed by atoms with E-state index < -0.39 is 21.4 Å². The highest BCUT2D eigenvalue weighted by Gasteiger charge is 2.36. The number of nitrogens with zero attached hydrogens (tertiary/aromatic N) is 3. The van der Waals surface area contributed by atoms with Gasteiger partial charge in [-0.05, 0) is 137 Å². The number of aromatic nitrogens is 1. The number of carbonyl (C=O) groups excluding carboxylic acids is 2. The zero-order chi connectivity index (χ0) is 59.0. The molecule has 0 aliphatic rings. The van der Waals surface area contributed by atoms with Crippen LogP contribution in [-0.2, 0) is 21.4 Å². The van der Waals surface area contributed by atoms with E-state index in [2.05, 4.69) is 98.5 Å². The Hall–Kier alpha value is -8.97. The number of benzene rings is 7. The molecule has 11 nitrogen and oxygen atoms in total. The summed E-state index contributed by atoms with van der Waals surface area (Å²) in [6.45, 7) is 26.0. The monoisotopic (exact) mass is 1100 g/mol. The van der Waals surface area contributed by atoms with Gasteiger partial charge in [0.25, 0.3) is 0 Å². The zero-order valence-electron chi connectivity index (χ0n) is 48.0. The number of rotatable bonds is 16. The van der Waals surface area contributed by atoms with E-state index in [1.165, 1.54) is 0 Å². The van der Waals surface area contributed by atoms with Crippen molar-refractivity contribution < 1.29 is 36.4 Å². The van der Waals surface area contributed by atoms with Crippen molar-refractivity contribution >= 4 is 22.2 Å². The number of hydrogen-bond donors (Lipinski definition) is 0. The first kappa shape index (κ1) is 59.7. The summed E-state index contributed by atoms with van der Waals surface area (Å²) in [5.41, 5.74) is 7.15. The predicted octanol–water partition coefficient (Wildman–Crippen LogP) is 17.0. The molecule has 8 aromatic rings. The Bertz CT molecular complexity index is 3840. The summed E-state index contributed by atoms with van der Waals surface area (Å²) in [7, 11) is -3.11. The largest absolute Gasteiger partial charge is 0.456 e. The third kappa shape index (κ3) is 14.8. The normalized spacial score (nSPS) is 11.5. The van der Waals surface area contributed by atoms with E-state index in [4.69, 9.17) is 26.8 Å². The minimum atomic E-state index is -3.11. The fourth-order valence-electron chi connectivity index (χ4n) is 11.0. The lowest BCUT2D eigenvalue weighted by Crippen LogP contribution is -2.28. The molecule has 0 radical (unpaired) electrons. The standard InChI is InChI=1S/C69H67N3O5.O3S/c1-44-27-33-50(53(36-44)64(73)46-21-14-13-15-22-46)48-30-34-52(54(37-48)65(74)47-28-31-49(32-29-47)75-63-26-16-17-35-72-63)51-23-19-25-60(56(51)41-71)77-62-39-57(68(9,10)42-66(3,4)5)61(38-58(62)69(11,12)43-67(6,7)8)76-59-24-18-20-45(2)55(59)40-70;1-4(2)3/h13-39H,42-43H2,1-12H3;. The number of nitriles is 2. The third-order valence-electron chi connectivity index (χ3n) is 13.7. The Kier molecular flexibility index (Phi) is 18.1. The number of pyridine rings is 1. The number of ketones is 2. The molecule has 0 saturated carbocycles. The Morgan fingerprint density at radius 1 is 0.494 bits per heavy atom. The fraction of sp³-hybridized carbons (Fsp3) is 0.261. The van der Waals surface area contributed by atoms with Crippen LogP contribution < -0.4 is 14.2 Å². The van der Waals surface area contributed by atoms with Crippen molar-refractivity contribution in [2.75, 3.05) is 0 Å². The second kappa shape index (κ2) is 24.6. The maximum atomic E-state index is 15.2. The first-order valence-electron chi connectivity index (χ1n) is 26.6. The molecular weight excluding hydrogens is 1030 g/mol. The van der Waals surface area contributed by atoms with E-state index >= 15 is 4.79 Å². The summed E-state index contributed by atoms with van der Waals surface area (Å²) in [5, 5.41) is 21.7. The Morgan fingerprint density at radius 3 is 1.53 bits per heavy atom. The van der Waals surface area contributed by atoms with Crippen LogP contribution in [0.15, 0.2) is 164 Å². The highest BCUT2D eigenvalue weighted by molar-refractivity contribution is 7.59. The SMILES string of the molecule is Cc1ccc(-c2ccc(-c3cccc(Oc4cc(C(C)(C)CC(C)(C)C)c(Oc5cccc(C)c5C#N)cc4C(C)(C)CC(C)(C)C)c3C#N)c(C(=O)c3ccc(Oc4ccccn4)cc3)c2)c(C(=O)c2ccccc2)c1.O=S(=O)=O. The van der Waals surface area contributed by atoms with Crippen LogP contribution in [0, 0.1) is 47.3 Å². The number of hydrogen-bond acceptors (Lipinski definition) is 11. The average molecular weight is 1100 g/mol. The topological polar surface area (TPSA) is 174 Å². The van der Waals surface area contributed by atoms with Crippen molar-refractivity contribution in [3.63, 3.8) is 0 Å². The molecular formula is C69H67N3O8S. The van der Waals surface area contributed by atoms with Crippen molar-refractivity contribution in [1.29, 1.82) is 10.5 Å². The number of ether oxygens (including phenoxy) is 3. The molecule has 0 unspecified atom stereocenters. The van der Waals surface area contributed by atoms with Crippen molar-refractivity contribution in [3.8, 4) is 69.0 Å². The van der Waals surface area contributed by atoms with E-state index in [-0.39, 0.29) is 28.0 Å². The van der Waals surface area contributed by atoms with Gasteiger partial charge in [-0.25, -0.2) is 4.98 Å². The molecule has 81 heavy (non-hydrogen) atoms. The van der Waals surface area contributed by atoms with Crippen molar-refractivity contribution in [2.24, 2.45) is 10.8 Å². The molecule has 0 fully saturated rings. The molecule has 12 heteroatoms. The lowest BCUT2D eigenvalue weighted by Gasteiger charge is -2.37. The molecule has 7 aromatic carbocycles. The van der Waals surface area contributed by atoms with Crippen LogP contribution >= 0.6 is 0 Å². The van der Waals surface area contributed by atoms with Gasteiger partial charge in [-0.1, -0.05) is 160 Å². The summed E-state index contributed by atoms with van der Waals surface area (Å²) < 4.78 is 45.4. The van der Waals surface area contributed by atoms with Gasteiger partial charge in [0.1, 0.15) is 46.4 Å². The van der Waals surface area contributed by atoms with E-state index in [0.29, 0.717) is 84.7 Å². The van der Waals surface area contributed by atoms with E-state index in [0.717, 1.165) is 35.1 Å². The second-order valence-corrected chi connectivity index (χ2v) is 24.4. The Morgan fingerprint density at radius 2 is 1.00 bits per heavy atom. The highest BCUT2D eigenvalue weighted by Crippen LogP contribution is 2.50. The predicted molar refractivity (Wildman–Crippen MR) is 317 cm³/mol. The van der Waals surface area contributed by atoms with E-state index in [9.17, 15) is 15.3 Å². The van der Waals surface area contributed by atoms with Gasteiger partial charge in [-0.3, -0.25) is 9.59 Å². The summed E-state index contributed by atoms with van der Waals surface area (Å²) in [5.74, 6) is 2.46. The first-order chi connectivity index (χ1) is 38.2. The Labute approximate surface area is 477 Å². The molecule has 1 aromatic heterocycles. The Balaban J connectivity index is 0.00000229. The van der Waals surface area contributed by atoms with Crippen LogP contribution in [0.3, 0.4) is 0 Å². The fourth-order valence-corrected chi connectivity index (χ4v) is 11.0. The maximum absolute atomic E-state index is 15.2. The zero-order valence-corrected chi connectivity index (χ0v) is 48.8. The van der Waals surface area contributed by atoms with Crippen LogP contribution in [0.25, 0.3) is 22.3 Å². The lowest BCUT2D eigenvalue weighted by molar-refractivity contribution is 0.103.